The van der Waals surface area contributed by atoms with Gasteiger partial charge in [-0.15, -0.1) is 0 Å². The van der Waals surface area contributed by atoms with Gasteiger partial charge in [-0.3, -0.25) is 4.99 Å². The summed E-state index contributed by atoms with van der Waals surface area (Å²) in [6, 6.07) is 2.84. The first kappa shape index (κ1) is 20.8. The van der Waals surface area contributed by atoms with Crippen molar-refractivity contribution < 1.29 is 36.2 Å². The fraction of sp³-hybridized carbons (Fsp3) is 0.562. The lowest BCUT2D eigenvalue weighted by Crippen LogP contribution is -2.37. The Hall–Kier alpha value is -2.46. The van der Waals surface area contributed by atoms with Crippen molar-refractivity contribution in [3.8, 4) is 17.2 Å². The minimum absolute atomic E-state index is 0.00202. The highest BCUT2D eigenvalue weighted by molar-refractivity contribution is 5.79. The molecule has 0 radical (unpaired) electrons. The van der Waals surface area contributed by atoms with Crippen molar-refractivity contribution in [2.75, 3.05) is 20.4 Å². The second-order valence-corrected chi connectivity index (χ2v) is 5.62. The normalized spacial score (nSPS) is 13.8. The van der Waals surface area contributed by atoms with Gasteiger partial charge in [0.25, 0.3) is 0 Å². The number of halogens is 5. The van der Waals surface area contributed by atoms with Crippen LogP contribution in [-0.2, 0) is 6.54 Å². The maximum atomic E-state index is 12.6. The van der Waals surface area contributed by atoms with Gasteiger partial charge in [-0.2, -0.15) is 22.0 Å². The molecule has 0 spiro atoms. The summed E-state index contributed by atoms with van der Waals surface area (Å²) in [5.41, 5.74) is 0.388. The quantitative estimate of drug-likeness (QED) is 0.305. The zero-order chi connectivity index (χ0) is 19.9. The van der Waals surface area contributed by atoms with Crippen molar-refractivity contribution >= 4 is 5.96 Å². The Morgan fingerprint density at radius 2 is 1.89 bits per heavy atom. The molecule has 0 bridgehead atoms. The number of hydrogen-bond acceptors (Lipinski definition) is 4. The molecule has 1 heterocycles. The smallest absolute Gasteiger partial charge is 0.389 e. The van der Waals surface area contributed by atoms with Gasteiger partial charge in [0.1, 0.15) is 5.75 Å². The third-order valence-electron chi connectivity index (χ3n) is 3.62. The van der Waals surface area contributed by atoms with E-state index in [1.165, 1.54) is 19.2 Å². The van der Waals surface area contributed by atoms with Gasteiger partial charge >= 0.3 is 12.8 Å². The van der Waals surface area contributed by atoms with E-state index in [-0.39, 0.29) is 32.1 Å². The highest BCUT2D eigenvalue weighted by atomic mass is 19.4. The summed E-state index contributed by atoms with van der Waals surface area (Å²) in [5, 5.41) is 5.76. The van der Waals surface area contributed by atoms with Crippen molar-refractivity contribution in [3.05, 3.63) is 17.7 Å². The summed E-state index contributed by atoms with van der Waals surface area (Å²) in [4.78, 5) is 3.94. The van der Waals surface area contributed by atoms with Gasteiger partial charge < -0.3 is 24.8 Å². The van der Waals surface area contributed by atoms with E-state index in [1.807, 2.05) is 0 Å². The number of guanidine groups is 1. The SMILES string of the molecule is CN=C(NCCCCC(F)(F)F)NCc1cc2c(cc1OC(F)F)OCO2. The van der Waals surface area contributed by atoms with Gasteiger partial charge in [0, 0.05) is 38.2 Å². The predicted octanol–water partition coefficient (Wildman–Crippen LogP) is 3.41. The molecule has 0 amide bonds. The zero-order valence-corrected chi connectivity index (χ0v) is 14.5. The molecule has 2 rings (SSSR count). The summed E-state index contributed by atoms with van der Waals surface area (Å²) in [6.45, 7) is -2.64. The molecule has 0 aromatic heterocycles. The Morgan fingerprint density at radius 1 is 1.19 bits per heavy atom. The number of nitrogens with one attached hydrogen (secondary N) is 2. The zero-order valence-electron chi connectivity index (χ0n) is 14.5. The third-order valence-corrected chi connectivity index (χ3v) is 3.62. The molecule has 0 saturated heterocycles. The van der Waals surface area contributed by atoms with E-state index in [9.17, 15) is 22.0 Å². The minimum atomic E-state index is -4.17. The van der Waals surface area contributed by atoms with Crippen LogP contribution in [-0.4, -0.2) is 39.1 Å². The Labute approximate surface area is 152 Å². The Balaban J connectivity index is 1.88. The van der Waals surface area contributed by atoms with Crippen LogP contribution >= 0.6 is 0 Å². The number of unbranched alkanes of at least 4 members (excludes halogenated alkanes) is 1. The van der Waals surface area contributed by atoms with Gasteiger partial charge in [-0.25, -0.2) is 0 Å². The molecule has 1 aromatic carbocycles. The fourth-order valence-corrected chi connectivity index (χ4v) is 2.37. The van der Waals surface area contributed by atoms with Gasteiger partial charge in [-0.05, 0) is 18.9 Å². The maximum absolute atomic E-state index is 12.6. The highest BCUT2D eigenvalue weighted by Crippen LogP contribution is 2.38. The van der Waals surface area contributed by atoms with Crippen LogP contribution in [0.3, 0.4) is 0 Å². The molecule has 27 heavy (non-hydrogen) atoms. The van der Waals surface area contributed by atoms with Crippen LogP contribution < -0.4 is 24.8 Å². The monoisotopic (exact) mass is 397 g/mol. The molecule has 1 aliphatic rings. The van der Waals surface area contributed by atoms with Crippen molar-refractivity contribution in [1.82, 2.24) is 10.6 Å². The number of rotatable bonds is 8. The van der Waals surface area contributed by atoms with Crippen LogP contribution in [0.15, 0.2) is 17.1 Å². The summed E-state index contributed by atoms with van der Waals surface area (Å²) < 4.78 is 76.4. The molecule has 152 valence electrons. The number of benzene rings is 1. The van der Waals surface area contributed by atoms with Crippen LogP contribution in [0.25, 0.3) is 0 Å². The van der Waals surface area contributed by atoms with Crippen molar-refractivity contribution in [2.45, 2.75) is 38.6 Å². The van der Waals surface area contributed by atoms with Crippen LogP contribution in [0.2, 0.25) is 0 Å². The van der Waals surface area contributed by atoms with Gasteiger partial charge in [-0.1, -0.05) is 0 Å². The third kappa shape index (κ3) is 6.99. The molecular formula is C16H20F5N3O3. The van der Waals surface area contributed by atoms with E-state index in [0.717, 1.165) is 0 Å². The van der Waals surface area contributed by atoms with E-state index in [2.05, 4.69) is 20.4 Å². The lowest BCUT2D eigenvalue weighted by molar-refractivity contribution is -0.135. The van der Waals surface area contributed by atoms with E-state index >= 15 is 0 Å². The average Bonchev–Trinajstić information content (AvgIpc) is 3.02. The molecule has 0 fully saturated rings. The standard InChI is InChI=1S/C16H20F5N3O3/c1-22-15(23-5-3-2-4-16(19,20)21)24-8-10-6-12-13(26-9-25-12)7-11(10)27-14(17)18/h6-7,14H,2-5,8-9H2,1H3,(H2,22,23,24). The Bertz CT molecular complexity index is 653. The van der Waals surface area contributed by atoms with E-state index in [1.54, 1.807) is 0 Å². The highest BCUT2D eigenvalue weighted by Gasteiger charge is 2.25. The van der Waals surface area contributed by atoms with Crippen LogP contribution in [0, 0.1) is 0 Å². The maximum Gasteiger partial charge on any atom is 0.389 e. The van der Waals surface area contributed by atoms with Crippen LogP contribution in [0.4, 0.5) is 22.0 Å². The average molecular weight is 397 g/mol. The number of fused-ring (bicyclic) bond motifs is 1. The first-order valence-electron chi connectivity index (χ1n) is 8.17. The molecule has 0 unspecified atom stereocenters. The molecule has 1 aromatic rings. The number of hydrogen-bond donors (Lipinski definition) is 2. The molecule has 11 heteroatoms. The number of aliphatic imine (C=N–C) groups is 1. The minimum Gasteiger partial charge on any atom is -0.454 e. The first-order valence-corrected chi connectivity index (χ1v) is 8.17. The second-order valence-electron chi connectivity index (χ2n) is 5.62. The molecular weight excluding hydrogens is 377 g/mol. The molecule has 6 nitrogen and oxygen atoms in total. The van der Waals surface area contributed by atoms with Gasteiger partial charge in [0.15, 0.2) is 17.5 Å². The van der Waals surface area contributed by atoms with Crippen LogP contribution in [0.5, 0.6) is 17.2 Å². The predicted molar refractivity (Wildman–Crippen MR) is 87.3 cm³/mol. The Morgan fingerprint density at radius 3 is 2.52 bits per heavy atom. The van der Waals surface area contributed by atoms with E-state index in [4.69, 9.17) is 9.47 Å². The lowest BCUT2D eigenvalue weighted by atomic mass is 10.1. The summed E-state index contributed by atoms with van der Waals surface area (Å²) in [5.74, 6) is 0.968. The molecule has 0 atom stereocenters. The number of ether oxygens (including phenoxy) is 3. The molecule has 0 aliphatic carbocycles. The van der Waals surface area contributed by atoms with Gasteiger partial charge in [0.2, 0.25) is 6.79 Å². The van der Waals surface area contributed by atoms with Crippen molar-refractivity contribution in [3.63, 3.8) is 0 Å². The lowest BCUT2D eigenvalue weighted by Gasteiger charge is -2.15. The summed E-state index contributed by atoms with van der Waals surface area (Å²) >= 11 is 0. The van der Waals surface area contributed by atoms with Crippen LogP contribution in [0.1, 0.15) is 24.8 Å². The summed E-state index contributed by atoms with van der Waals surface area (Å²) in [7, 11) is 1.49. The number of alkyl halides is 5. The molecule has 0 saturated carbocycles. The second kappa shape index (κ2) is 9.47. The van der Waals surface area contributed by atoms with E-state index in [0.29, 0.717) is 29.4 Å². The number of nitrogens with zero attached hydrogens (tertiary/aromatic N) is 1. The topological polar surface area (TPSA) is 64.1 Å². The Kier molecular flexibility index (Phi) is 7.31. The summed E-state index contributed by atoms with van der Waals surface area (Å²) in [6.07, 6.45) is -4.70. The molecule has 2 N–H and O–H groups in total. The van der Waals surface area contributed by atoms with Gasteiger partial charge in [0.05, 0.1) is 0 Å². The van der Waals surface area contributed by atoms with E-state index < -0.39 is 19.2 Å². The largest absolute Gasteiger partial charge is 0.454 e. The van der Waals surface area contributed by atoms with Crippen molar-refractivity contribution in [1.29, 1.82) is 0 Å². The molecule has 1 aliphatic heterocycles. The fourth-order valence-electron chi connectivity index (χ4n) is 2.37. The first-order chi connectivity index (χ1) is 12.8. The van der Waals surface area contributed by atoms with Crippen molar-refractivity contribution in [2.24, 2.45) is 4.99 Å².